The summed E-state index contributed by atoms with van der Waals surface area (Å²) < 4.78 is 0. The lowest BCUT2D eigenvalue weighted by Crippen LogP contribution is -2.39. The summed E-state index contributed by atoms with van der Waals surface area (Å²) in [4.78, 5) is 13.7. The number of alkyl halides is 1. The van der Waals surface area contributed by atoms with Gasteiger partial charge in [0.1, 0.15) is 0 Å². The molecule has 1 aliphatic carbocycles. The molecule has 0 bridgehead atoms. The van der Waals surface area contributed by atoms with E-state index in [0.717, 1.165) is 12.3 Å². The summed E-state index contributed by atoms with van der Waals surface area (Å²) in [5, 5.41) is 0. The Kier molecular flexibility index (Phi) is 5.44. The third kappa shape index (κ3) is 4.02. The molecule has 0 heterocycles. The Morgan fingerprint density at radius 3 is 2.47 bits per heavy atom. The molecule has 0 aromatic rings. The van der Waals surface area contributed by atoms with E-state index >= 15 is 0 Å². The first-order chi connectivity index (χ1) is 7.15. The summed E-state index contributed by atoms with van der Waals surface area (Å²) in [6.45, 7) is 2.30. The molecule has 88 valence electrons. The predicted molar refractivity (Wildman–Crippen MR) is 64.1 cm³/mol. The van der Waals surface area contributed by atoms with Crippen molar-refractivity contribution in [2.24, 2.45) is 5.92 Å². The molecule has 0 aliphatic heterocycles. The summed E-state index contributed by atoms with van der Waals surface area (Å²) in [6, 6.07) is 0.476. The van der Waals surface area contributed by atoms with E-state index in [1.54, 1.807) is 0 Å². The van der Waals surface area contributed by atoms with Crippen molar-refractivity contribution < 1.29 is 4.79 Å². The maximum absolute atomic E-state index is 11.7. The number of nitrogens with zero attached hydrogens (tertiary/aromatic N) is 1. The lowest BCUT2D eigenvalue weighted by atomic mass is 9.86. The monoisotopic (exact) mass is 231 g/mol. The second-order valence-corrected chi connectivity index (χ2v) is 5.09. The number of hydrogen-bond donors (Lipinski definition) is 0. The van der Waals surface area contributed by atoms with Crippen LogP contribution in [0.3, 0.4) is 0 Å². The van der Waals surface area contributed by atoms with Gasteiger partial charge < -0.3 is 4.90 Å². The van der Waals surface area contributed by atoms with Crippen molar-refractivity contribution in [1.29, 1.82) is 0 Å². The summed E-state index contributed by atoms with van der Waals surface area (Å²) in [6.07, 6.45) is 6.27. The molecule has 0 atom stereocenters. The Morgan fingerprint density at radius 1 is 1.33 bits per heavy atom. The van der Waals surface area contributed by atoms with E-state index in [9.17, 15) is 4.79 Å². The topological polar surface area (TPSA) is 20.3 Å². The lowest BCUT2D eigenvalue weighted by Gasteiger charge is -2.33. The third-order valence-electron chi connectivity index (χ3n) is 3.45. The van der Waals surface area contributed by atoms with E-state index in [-0.39, 0.29) is 5.91 Å². The zero-order chi connectivity index (χ0) is 11.3. The molecule has 2 nitrogen and oxygen atoms in total. The fraction of sp³-hybridized carbons (Fsp3) is 0.917. The minimum absolute atomic E-state index is 0.259. The zero-order valence-corrected chi connectivity index (χ0v) is 10.6. The minimum Gasteiger partial charge on any atom is -0.343 e. The molecule has 1 rings (SSSR count). The molecule has 0 aromatic heterocycles. The summed E-state index contributed by atoms with van der Waals surface area (Å²) in [5.41, 5.74) is 0. The highest BCUT2D eigenvalue weighted by Gasteiger charge is 2.24. The second kappa shape index (κ2) is 6.37. The van der Waals surface area contributed by atoms with Crippen LogP contribution in [0, 0.1) is 5.92 Å². The van der Waals surface area contributed by atoms with Gasteiger partial charge in [0.25, 0.3) is 0 Å². The fourth-order valence-corrected chi connectivity index (χ4v) is 2.36. The number of rotatable bonds is 4. The first-order valence-corrected chi connectivity index (χ1v) is 6.50. The molecule has 1 aliphatic rings. The smallest absolute Gasteiger partial charge is 0.222 e. The highest BCUT2D eigenvalue weighted by molar-refractivity contribution is 6.17. The molecule has 1 amide bonds. The van der Waals surface area contributed by atoms with E-state index in [2.05, 4.69) is 6.92 Å². The molecule has 0 unspecified atom stereocenters. The van der Waals surface area contributed by atoms with Crippen molar-refractivity contribution in [3.63, 3.8) is 0 Å². The molecule has 15 heavy (non-hydrogen) atoms. The van der Waals surface area contributed by atoms with Gasteiger partial charge in [-0.3, -0.25) is 4.79 Å². The van der Waals surface area contributed by atoms with Gasteiger partial charge in [-0.15, -0.1) is 11.6 Å². The standard InChI is InChI=1S/C12H22ClNO/c1-10-5-7-11(8-6-10)14(2)12(15)4-3-9-13/h10-11H,3-9H2,1-2H3. The van der Waals surface area contributed by atoms with Crippen LogP contribution >= 0.6 is 11.6 Å². The quantitative estimate of drug-likeness (QED) is 0.681. The van der Waals surface area contributed by atoms with Crippen LogP contribution in [-0.2, 0) is 4.79 Å². The van der Waals surface area contributed by atoms with Gasteiger partial charge in [0, 0.05) is 25.4 Å². The summed E-state index contributed by atoms with van der Waals surface area (Å²) >= 11 is 5.58. The number of carbonyl (C=O) groups excluding carboxylic acids is 1. The van der Waals surface area contributed by atoms with Crippen LogP contribution in [0.4, 0.5) is 0 Å². The highest BCUT2D eigenvalue weighted by Crippen LogP contribution is 2.26. The first-order valence-electron chi connectivity index (χ1n) is 5.96. The van der Waals surface area contributed by atoms with Gasteiger partial charge in [-0.2, -0.15) is 0 Å². The Bertz CT molecular complexity index is 200. The first kappa shape index (κ1) is 12.8. The van der Waals surface area contributed by atoms with Crippen LogP contribution in [0.1, 0.15) is 45.4 Å². The summed E-state index contributed by atoms with van der Waals surface area (Å²) in [5.74, 6) is 1.68. The Balaban J connectivity index is 2.32. The molecule has 0 saturated heterocycles. The van der Waals surface area contributed by atoms with Crippen molar-refractivity contribution in [2.75, 3.05) is 12.9 Å². The number of amides is 1. The van der Waals surface area contributed by atoms with Gasteiger partial charge in [0.05, 0.1) is 0 Å². The predicted octanol–water partition coefficient (Wildman–Crippen LogP) is 3.04. The molecule has 1 saturated carbocycles. The third-order valence-corrected chi connectivity index (χ3v) is 3.72. The van der Waals surface area contributed by atoms with E-state index in [0.29, 0.717) is 18.3 Å². The Morgan fingerprint density at radius 2 is 1.93 bits per heavy atom. The Hall–Kier alpha value is -0.240. The largest absolute Gasteiger partial charge is 0.343 e. The van der Waals surface area contributed by atoms with Gasteiger partial charge >= 0.3 is 0 Å². The van der Waals surface area contributed by atoms with Crippen molar-refractivity contribution in [2.45, 2.75) is 51.5 Å². The van der Waals surface area contributed by atoms with Crippen LogP contribution in [0.25, 0.3) is 0 Å². The van der Waals surface area contributed by atoms with Gasteiger partial charge in [0.2, 0.25) is 5.91 Å². The highest BCUT2D eigenvalue weighted by atomic mass is 35.5. The lowest BCUT2D eigenvalue weighted by molar-refractivity contribution is -0.132. The fourth-order valence-electron chi connectivity index (χ4n) is 2.23. The molecule has 0 N–H and O–H groups in total. The molecule has 0 spiro atoms. The van der Waals surface area contributed by atoms with Crippen LogP contribution in [0.5, 0.6) is 0 Å². The summed E-state index contributed by atoms with van der Waals surface area (Å²) in [7, 11) is 1.94. The average Bonchev–Trinajstić information content (AvgIpc) is 2.26. The van der Waals surface area contributed by atoms with E-state index in [1.165, 1.54) is 25.7 Å². The minimum atomic E-state index is 0.259. The van der Waals surface area contributed by atoms with Gasteiger partial charge in [-0.25, -0.2) is 0 Å². The van der Waals surface area contributed by atoms with Crippen LogP contribution in [0.2, 0.25) is 0 Å². The molecule has 0 radical (unpaired) electrons. The van der Waals surface area contributed by atoms with E-state index in [1.807, 2.05) is 11.9 Å². The molecular formula is C12H22ClNO. The average molecular weight is 232 g/mol. The second-order valence-electron chi connectivity index (χ2n) is 4.71. The van der Waals surface area contributed by atoms with Crippen molar-refractivity contribution in [3.8, 4) is 0 Å². The maximum Gasteiger partial charge on any atom is 0.222 e. The normalized spacial score (nSPS) is 26.3. The number of carbonyl (C=O) groups is 1. The van der Waals surface area contributed by atoms with Crippen LogP contribution in [0.15, 0.2) is 0 Å². The molecule has 0 aromatic carbocycles. The van der Waals surface area contributed by atoms with Gasteiger partial charge in [-0.1, -0.05) is 6.92 Å². The molecule has 3 heteroatoms. The Labute approximate surface area is 98.0 Å². The van der Waals surface area contributed by atoms with E-state index in [4.69, 9.17) is 11.6 Å². The van der Waals surface area contributed by atoms with Gasteiger partial charge in [0.15, 0.2) is 0 Å². The SMILES string of the molecule is CC1CCC(N(C)C(=O)CCCCl)CC1. The van der Waals surface area contributed by atoms with Crippen LogP contribution in [-0.4, -0.2) is 29.8 Å². The molecule has 1 fully saturated rings. The maximum atomic E-state index is 11.7. The van der Waals surface area contributed by atoms with Crippen molar-refractivity contribution >= 4 is 17.5 Å². The van der Waals surface area contributed by atoms with Crippen molar-refractivity contribution in [3.05, 3.63) is 0 Å². The number of hydrogen-bond acceptors (Lipinski definition) is 1. The van der Waals surface area contributed by atoms with Crippen molar-refractivity contribution in [1.82, 2.24) is 4.90 Å². The van der Waals surface area contributed by atoms with E-state index < -0.39 is 0 Å². The van der Waals surface area contributed by atoms with Gasteiger partial charge in [-0.05, 0) is 38.0 Å². The number of halogens is 1. The molecular weight excluding hydrogens is 210 g/mol. The van der Waals surface area contributed by atoms with Crippen LogP contribution < -0.4 is 0 Å². The zero-order valence-electron chi connectivity index (χ0n) is 9.84.